The second kappa shape index (κ2) is 11.8. The summed E-state index contributed by atoms with van der Waals surface area (Å²) < 4.78 is 66.7. The Labute approximate surface area is 203 Å². The molecular formula is C20H28N4O7S3. The minimum atomic E-state index is -4.07. The van der Waals surface area contributed by atoms with E-state index in [1.807, 2.05) is 6.92 Å². The van der Waals surface area contributed by atoms with Crippen LogP contribution in [0.5, 0.6) is 5.75 Å². The first kappa shape index (κ1) is 27.9. The zero-order valence-corrected chi connectivity index (χ0v) is 21.2. The fraction of sp³-hybridized carbons (Fsp3) is 0.400. The van der Waals surface area contributed by atoms with Gasteiger partial charge in [0, 0.05) is 16.6 Å². The molecule has 2 rings (SSSR count). The molecule has 34 heavy (non-hydrogen) atoms. The lowest BCUT2D eigenvalue weighted by atomic mass is 10.1. The van der Waals surface area contributed by atoms with Gasteiger partial charge in [0.15, 0.2) is 0 Å². The molecule has 0 aromatic heterocycles. The van der Waals surface area contributed by atoms with Gasteiger partial charge in [-0.2, -0.15) is 21.9 Å². The fourth-order valence-corrected chi connectivity index (χ4v) is 4.91. The predicted octanol–water partition coefficient (Wildman–Crippen LogP) is 3.91. The number of nitrogens with zero attached hydrogens (tertiary/aromatic N) is 2. The monoisotopic (exact) mass is 532 g/mol. The van der Waals surface area contributed by atoms with Gasteiger partial charge in [-0.1, -0.05) is 0 Å². The van der Waals surface area contributed by atoms with Crippen LogP contribution in [0.15, 0.2) is 39.4 Å². The number of ether oxygens (including phenoxy) is 1. The molecule has 2 aromatic rings. The predicted molar refractivity (Wildman–Crippen MR) is 134 cm³/mol. The third kappa shape index (κ3) is 9.46. The number of nitrogen functional groups attached to an aromatic ring is 2. The molecule has 0 bridgehead atoms. The Morgan fingerprint density at radius 3 is 2.12 bits per heavy atom. The Morgan fingerprint density at radius 2 is 1.47 bits per heavy atom. The lowest BCUT2D eigenvalue weighted by Gasteiger charge is -2.11. The fourth-order valence-electron chi connectivity index (χ4n) is 2.77. The molecule has 6 N–H and O–H groups in total. The summed E-state index contributed by atoms with van der Waals surface area (Å²) in [5.41, 5.74) is 15.5. The van der Waals surface area contributed by atoms with E-state index in [1.54, 1.807) is 31.2 Å². The van der Waals surface area contributed by atoms with Gasteiger partial charge < -0.3 is 16.2 Å². The summed E-state index contributed by atoms with van der Waals surface area (Å²) in [6.45, 7) is 3.66. The van der Waals surface area contributed by atoms with Gasteiger partial charge in [-0.15, -0.1) is 16.9 Å². The number of anilines is 2. The van der Waals surface area contributed by atoms with Crippen molar-refractivity contribution in [2.75, 3.05) is 35.3 Å². The molecule has 0 aliphatic carbocycles. The van der Waals surface area contributed by atoms with Gasteiger partial charge in [-0.3, -0.25) is 9.11 Å². The molecule has 0 saturated carbocycles. The topological polar surface area (TPSA) is 195 Å². The summed E-state index contributed by atoms with van der Waals surface area (Å²) in [6.07, 6.45) is 0.342. The molecule has 0 amide bonds. The number of thioether (sulfide) groups is 1. The van der Waals surface area contributed by atoms with Crippen molar-refractivity contribution in [2.24, 2.45) is 10.2 Å². The van der Waals surface area contributed by atoms with Crippen LogP contribution in [0.4, 0.5) is 22.7 Å². The third-order valence-electron chi connectivity index (χ3n) is 4.55. The van der Waals surface area contributed by atoms with E-state index in [2.05, 4.69) is 10.2 Å². The molecule has 188 valence electrons. The molecule has 0 unspecified atom stereocenters. The van der Waals surface area contributed by atoms with E-state index in [0.717, 1.165) is 11.1 Å². The Kier molecular flexibility index (Phi) is 9.70. The summed E-state index contributed by atoms with van der Waals surface area (Å²) in [5, 5.41) is 8.65. The van der Waals surface area contributed by atoms with E-state index in [9.17, 15) is 16.8 Å². The van der Waals surface area contributed by atoms with Crippen LogP contribution in [-0.2, 0) is 20.2 Å². The summed E-state index contributed by atoms with van der Waals surface area (Å²) in [5.74, 6) is -0.0292. The van der Waals surface area contributed by atoms with E-state index in [4.69, 9.17) is 25.3 Å². The van der Waals surface area contributed by atoms with E-state index >= 15 is 0 Å². The van der Waals surface area contributed by atoms with Crippen LogP contribution in [0.2, 0.25) is 0 Å². The highest BCUT2D eigenvalue weighted by Crippen LogP contribution is 2.37. The molecule has 0 heterocycles. The number of aryl methyl sites for hydroxylation is 2. The maximum Gasteiger partial charge on any atom is 0.264 e. The van der Waals surface area contributed by atoms with Gasteiger partial charge in [0.05, 0.1) is 35.2 Å². The van der Waals surface area contributed by atoms with Crippen LogP contribution in [0.3, 0.4) is 0 Å². The number of nitrogens with two attached hydrogens (primary N) is 2. The molecule has 0 saturated heterocycles. The smallest absolute Gasteiger partial charge is 0.264 e. The quantitative estimate of drug-likeness (QED) is 0.102. The van der Waals surface area contributed by atoms with Crippen molar-refractivity contribution in [2.45, 2.75) is 31.6 Å². The minimum absolute atomic E-state index is 0.0329. The van der Waals surface area contributed by atoms with Crippen molar-refractivity contribution >= 4 is 54.7 Å². The van der Waals surface area contributed by atoms with Crippen molar-refractivity contribution < 1.29 is 30.7 Å². The Morgan fingerprint density at radius 1 is 0.853 bits per heavy atom. The normalized spacial score (nSPS) is 12.4. The van der Waals surface area contributed by atoms with E-state index in [1.165, 1.54) is 11.8 Å². The molecule has 0 radical (unpaired) electrons. The molecule has 0 atom stereocenters. The van der Waals surface area contributed by atoms with Crippen LogP contribution >= 0.6 is 11.8 Å². The van der Waals surface area contributed by atoms with E-state index in [0.29, 0.717) is 39.1 Å². The largest absolute Gasteiger partial charge is 0.491 e. The van der Waals surface area contributed by atoms with Gasteiger partial charge in [0.25, 0.3) is 20.2 Å². The zero-order valence-electron chi connectivity index (χ0n) is 18.8. The third-order valence-corrected chi connectivity index (χ3v) is 7.29. The molecule has 0 spiro atoms. The second-order valence-corrected chi connectivity index (χ2v) is 11.8. The highest BCUT2D eigenvalue weighted by Gasteiger charge is 2.11. The lowest BCUT2D eigenvalue weighted by Crippen LogP contribution is -2.09. The molecular weight excluding hydrogens is 504 g/mol. The van der Waals surface area contributed by atoms with Gasteiger partial charge >= 0.3 is 0 Å². The molecule has 0 aliphatic heterocycles. The number of hydrogen-bond donors (Lipinski definition) is 4. The Bertz CT molecular complexity index is 1260. The second-order valence-electron chi connectivity index (χ2n) is 7.53. The van der Waals surface area contributed by atoms with Gasteiger partial charge in [0.1, 0.15) is 5.75 Å². The van der Waals surface area contributed by atoms with Crippen LogP contribution in [0, 0.1) is 13.8 Å². The maximum absolute atomic E-state index is 10.9. The maximum atomic E-state index is 10.9. The van der Waals surface area contributed by atoms with Crippen molar-refractivity contribution in [1.82, 2.24) is 0 Å². The summed E-state index contributed by atoms with van der Waals surface area (Å²) in [6, 6.07) is 6.75. The Balaban J connectivity index is 2.20. The minimum Gasteiger partial charge on any atom is -0.491 e. The first-order valence-electron chi connectivity index (χ1n) is 10.1. The van der Waals surface area contributed by atoms with E-state index < -0.39 is 26.0 Å². The van der Waals surface area contributed by atoms with Crippen LogP contribution in [0.1, 0.15) is 24.0 Å². The SMILES string of the molecule is Cc1cc(N=Nc2cc(OCCCS(=O)(=O)O)c(N)cc2C)c(SCCCS(=O)(=O)O)cc1N. The van der Waals surface area contributed by atoms with Crippen molar-refractivity contribution in [1.29, 1.82) is 0 Å². The molecule has 2 aromatic carbocycles. The molecule has 0 fully saturated rings. The summed E-state index contributed by atoms with van der Waals surface area (Å²) >= 11 is 1.35. The average molecular weight is 533 g/mol. The van der Waals surface area contributed by atoms with Gasteiger partial charge in [-0.25, -0.2) is 0 Å². The van der Waals surface area contributed by atoms with Crippen LogP contribution < -0.4 is 16.2 Å². The first-order chi connectivity index (χ1) is 15.7. The zero-order chi connectivity index (χ0) is 25.5. The number of rotatable bonds is 12. The highest BCUT2D eigenvalue weighted by molar-refractivity contribution is 7.99. The molecule has 11 nitrogen and oxygen atoms in total. The number of hydrogen-bond acceptors (Lipinski definition) is 10. The average Bonchev–Trinajstić information content (AvgIpc) is 2.70. The molecule has 0 aliphatic rings. The summed E-state index contributed by atoms with van der Waals surface area (Å²) in [7, 11) is -8.09. The standard InChI is InChI=1S/C20H28N4O7S3/c1-13-10-18(20(11-15(13)21)32-6-4-8-34(28,29)30)24-23-17-12-19(16(22)9-14(17)2)31-5-3-7-33(25,26)27/h9-12H,3-8,21-22H2,1-2H3,(H,25,26,27)(H,28,29,30). The van der Waals surface area contributed by atoms with Gasteiger partial charge in [0.2, 0.25) is 0 Å². The van der Waals surface area contributed by atoms with Crippen LogP contribution in [-0.4, -0.2) is 49.8 Å². The van der Waals surface area contributed by atoms with Gasteiger partial charge in [-0.05, 0) is 61.8 Å². The Hall–Kier alpha value is -2.39. The lowest BCUT2D eigenvalue weighted by molar-refractivity contribution is 0.318. The highest BCUT2D eigenvalue weighted by atomic mass is 32.2. The van der Waals surface area contributed by atoms with Crippen molar-refractivity contribution in [3.63, 3.8) is 0 Å². The number of benzene rings is 2. The van der Waals surface area contributed by atoms with Crippen LogP contribution in [0.25, 0.3) is 0 Å². The van der Waals surface area contributed by atoms with E-state index in [-0.39, 0.29) is 25.2 Å². The first-order valence-corrected chi connectivity index (χ1v) is 14.3. The van der Waals surface area contributed by atoms with Crippen molar-refractivity contribution in [3.05, 3.63) is 35.4 Å². The van der Waals surface area contributed by atoms with Crippen molar-refractivity contribution in [3.8, 4) is 5.75 Å². The number of azo groups is 1. The summed E-state index contributed by atoms with van der Waals surface area (Å²) in [4.78, 5) is 0.706. The molecule has 14 heteroatoms.